The zero-order chi connectivity index (χ0) is 34.3. The summed E-state index contributed by atoms with van der Waals surface area (Å²) in [4.78, 5) is 54.0. The monoisotopic (exact) mass is 676 g/mol. The zero-order valence-corrected chi connectivity index (χ0v) is 33.6. The van der Waals surface area contributed by atoms with E-state index in [1.165, 1.54) is 10.5 Å². The van der Waals surface area contributed by atoms with Gasteiger partial charge in [-0.05, 0) is 110 Å². The fraction of sp³-hybridized carbons (Fsp3) is 0.789. The van der Waals surface area contributed by atoms with Crippen molar-refractivity contribution < 1.29 is 80.8 Å². The number of aliphatic hydroxyl groups is 1. The van der Waals surface area contributed by atoms with Crippen LogP contribution in [0.5, 0.6) is 0 Å². The van der Waals surface area contributed by atoms with E-state index in [9.17, 15) is 29.4 Å². The van der Waals surface area contributed by atoms with E-state index in [4.69, 9.17) is 0 Å². The van der Waals surface area contributed by atoms with Crippen molar-refractivity contribution in [3.8, 4) is 0 Å². The first-order valence-corrected chi connectivity index (χ1v) is 17.5. The van der Waals surface area contributed by atoms with Gasteiger partial charge < -0.3 is 25.2 Å². The van der Waals surface area contributed by atoms with Gasteiger partial charge >= 0.3 is 51.4 Å². The molecule has 5 aliphatic rings. The normalized spacial score (nSPS) is 41.8. The molecule has 0 aromatic carbocycles. The Kier molecular flexibility index (Phi) is 10.8. The Morgan fingerprint density at radius 1 is 0.979 bits per heavy atom. The third-order valence-electron chi connectivity index (χ3n) is 14.6. The standard InChI is InChI=1S/C38H58N2O6.K/c1-23(2)21-40(22-29(43)39-20-30(44)45)32(46)35(6)15-14-34(5)16-17-37(8)24(25(34)19-35)18-26(41)31-36(7)12-11-28(42)33(3,4)27(36)10-13-38(31,37)9;/h18,25,27-28,31,42H,1,10-17,19-22H2,2-9H3,(H,39,43)(H,44,45);/q;+1/p-1/t25-,27-,28-,31+,34+,35-,36-,37+,38+;/m0./s1. The molecule has 0 radical (unpaired) electrons. The molecule has 0 bridgehead atoms. The molecule has 47 heavy (non-hydrogen) atoms. The largest absolute Gasteiger partial charge is 1.00 e. The van der Waals surface area contributed by atoms with E-state index in [0.717, 1.165) is 50.5 Å². The summed E-state index contributed by atoms with van der Waals surface area (Å²) in [6.45, 7) is 21.0. The maximum Gasteiger partial charge on any atom is 1.00 e. The Bertz CT molecular complexity index is 1380. The molecule has 2 amide bonds. The fourth-order valence-corrected chi connectivity index (χ4v) is 11.7. The summed E-state index contributed by atoms with van der Waals surface area (Å²) in [7, 11) is 0. The van der Waals surface area contributed by atoms with Crippen LogP contribution in [0.2, 0.25) is 0 Å². The van der Waals surface area contributed by atoms with Crippen molar-refractivity contribution >= 4 is 23.6 Å². The molecule has 5 aliphatic carbocycles. The number of nitrogens with zero attached hydrogens (tertiary/aromatic N) is 1. The fourth-order valence-electron chi connectivity index (χ4n) is 11.7. The van der Waals surface area contributed by atoms with E-state index in [2.05, 4.69) is 53.4 Å². The molecule has 0 saturated heterocycles. The van der Waals surface area contributed by atoms with E-state index in [1.54, 1.807) is 0 Å². The maximum atomic E-state index is 14.6. The minimum Gasteiger partial charge on any atom is -0.548 e. The molecule has 8 nitrogen and oxygen atoms in total. The van der Waals surface area contributed by atoms with Gasteiger partial charge in [0.05, 0.1) is 25.2 Å². The van der Waals surface area contributed by atoms with Crippen LogP contribution >= 0.6 is 0 Å². The molecule has 0 aromatic rings. The van der Waals surface area contributed by atoms with Gasteiger partial charge in [0.25, 0.3) is 0 Å². The van der Waals surface area contributed by atoms with Crippen LogP contribution in [0.1, 0.15) is 113 Å². The van der Waals surface area contributed by atoms with E-state index >= 15 is 0 Å². The minimum atomic E-state index is -1.39. The maximum absolute atomic E-state index is 14.6. The molecular weight excluding hydrogens is 620 g/mol. The van der Waals surface area contributed by atoms with Crippen LogP contribution in [-0.2, 0) is 19.2 Å². The number of ketones is 1. The molecule has 4 fully saturated rings. The number of aliphatic hydroxyl groups excluding tert-OH is 1. The molecule has 2 N–H and O–H groups in total. The van der Waals surface area contributed by atoms with Gasteiger partial charge in [0.2, 0.25) is 11.8 Å². The van der Waals surface area contributed by atoms with Gasteiger partial charge in [-0.15, -0.1) is 0 Å². The molecule has 9 heteroatoms. The molecule has 0 aromatic heterocycles. The number of carboxylic acids is 1. The summed E-state index contributed by atoms with van der Waals surface area (Å²) in [6, 6.07) is 0. The van der Waals surface area contributed by atoms with Crippen molar-refractivity contribution in [2.24, 2.45) is 50.2 Å². The number of allylic oxidation sites excluding steroid dienone is 2. The number of hydrogen-bond donors (Lipinski definition) is 2. The number of hydrogen-bond acceptors (Lipinski definition) is 6. The predicted molar refractivity (Wildman–Crippen MR) is 175 cm³/mol. The van der Waals surface area contributed by atoms with Crippen molar-refractivity contribution in [1.82, 2.24) is 10.2 Å². The van der Waals surface area contributed by atoms with E-state index in [1.807, 2.05) is 19.9 Å². The number of amides is 2. The first kappa shape index (κ1) is 39.0. The second-order valence-corrected chi connectivity index (χ2v) is 17.9. The van der Waals surface area contributed by atoms with Gasteiger partial charge in [-0.1, -0.05) is 66.2 Å². The number of fused-ring (bicyclic) bond motifs is 7. The van der Waals surface area contributed by atoms with Crippen LogP contribution < -0.4 is 61.8 Å². The Morgan fingerprint density at radius 3 is 2.23 bits per heavy atom. The quantitative estimate of drug-likeness (QED) is 0.312. The van der Waals surface area contributed by atoms with Crippen molar-refractivity contribution in [2.45, 2.75) is 119 Å². The summed E-state index contributed by atoms with van der Waals surface area (Å²) in [5, 5.41) is 24.2. The molecule has 0 aliphatic heterocycles. The molecule has 0 spiro atoms. The van der Waals surface area contributed by atoms with E-state index in [0.29, 0.717) is 12.8 Å². The second kappa shape index (κ2) is 13.0. The minimum absolute atomic E-state index is 0. The van der Waals surface area contributed by atoms with Gasteiger partial charge in [-0.25, -0.2) is 0 Å². The Morgan fingerprint density at radius 2 is 1.62 bits per heavy atom. The van der Waals surface area contributed by atoms with Crippen molar-refractivity contribution in [3.63, 3.8) is 0 Å². The van der Waals surface area contributed by atoms with Gasteiger partial charge in [0.15, 0.2) is 5.78 Å². The predicted octanol–water partition coefficient (Wildman–Crippen LogP) is 1.60. The van der Waals surface area contributed by atoms with Crippen molar-refractivity contribution in [1.29, 1.82) is 0 Å². The van der Waals surface area contributed by atoms with Gasteiger partial charge in [-0.3, -0.25) is 14.4 Å². The Labute approximate surface area is 324 Å². The number of aliphatic carboxylic acids is 1. The van der Waals surface area contributed by atoms with Crippen LogP contribution in [0.15, 0.2) is 23.8 Å². The van der Waals surface area contributed by atoms with E-state index in [-0.39, 0.29) is 127 Å². The number of carbonyl (C=O) groups is 4. The topological polar surface area (TPSA) is 127 Å². The van der Waals surface area contributed by atoms with Crippen LogP contribution in [0.3, 0.4) is 0 Å². The smallest absolute Gasteiger partial charge is 0.548 e. The van der Waals surface area contributed by atoms with Crippen LogP contribution in [0.25, 0.3) is 0 Å². The number of nitrogens with one attached hydrogen (secondary N) is 1. The summed E-state index contributed by atoms with van der Waals surface area (Å²) in [5.41, 5.74) is 0.340. The van der Waals surface area contributed by atoms with Crippen molar-refractivity contribution in [3.05, 3.63) is 23.8 Å². The van der Waals surface area contributed by atoms with E-state index < -0.39 is 23.8 Å². The third-order valence-corrected chi connectivity index (χ3v) is 14.6. The van der Waals surface area contributed by atoms with Crippen LogP contribution in [0.4, 0.5) is 0 Å². The number of carbonyl (C=O) groups excluding carboxylic acids is 4. The van der Waals surface area contributed by atoms with Crippen LogP contribution in [-0.4, -0.2) is 59.3 Å². The summed E-state index contributed by atoms with van der Waals surface area (Å²) in [6.07, 6.45) is 9.37. The Balaban J connectivity index is 0.00000500. The second-order valence-electron chi connectivity index (χ2n) is 17.9. The first-order valence-electron chi connectivity index (χ1n) is 17.5. The third kappa shape index (κ3) is 6.23. The molecule has 9 atom stereocenters. The first-order chi connectivity index (χ1) is 21.1. The summed E-state index contributed by atoms with van der Waals surface area (Å²) < 4.78 is 0. The average molecular weight is 677 g/mol. The summed E-state index contributed by atoms with van der Waals surface area (Å²) in [5.74, 6) is -1.60. The molecular formula is C38H57KN2O6. The van der Waals surface area contributed by atoms with Gasteiger partial charge in [0.1, 0.15) is 0 Å². The molecule has 0 unspecified atom stereocenters. The molecule has 4 saturated carbocycles. The molecule has 5 rings (SSSR count). The molecule has 0 heterocycles. The van der Waals surface area contributed by atoms with Crippen LogP contribution in [0, 0.1) is 50.2 Å². The SMILES string of the molecule is C=C(C)CN(CC(=O)NCC(=O)[O-])C(=O)[C@@]1(C)CC[C@]2(C)CC[C@]3(C)C(=CC(=O)[C@@H]4[C@@]5(C)CC[C@H](O)C(C)(C)[C@@H]5CC[C@]43C)[C@@H]2C1.[K+]. The number of rotatable bonds is 7. The average Bonchev–Trinajstić information content (AvgIpc) is 2.95. The number of carboxylic acid groups (broad SMARTS) is 1. The van der Waals surface area contributed by atoms with Gasteiger partial charge in [-0.2, -0.15) is 0 Å². The van der Waals surface area contributed by atoms with Gasteiger partial charge in [0, 0.05) is 17.9 Å². The zero-order valence-electron chi connectivity index (χ0n) is 30.5. The Hall–Kier alpha value is -0.844. The molecule has 256 valence electrons. The summed E-state index contributed by atoms with van der Waals surface area (Å²) >= 11 is 0. The van der Waals surface area contributed by atoms with Crippen molar-refractivity contribution in [2.75, 3.05) is 19.6 Å².